The van der Waals surface area contributed by atoms with Crippen LogP contribution in [0.15, 0.2) is 59.7 Å². The number of aromatic nitrogens is 2. The standard InChI is InChI=1S/C23H20F2N2O4S/c1-3-32(29,30)13-14-4-6-20(31-21-7-5-15(24)11-19(21)25)17(10-14)18-12-27(2)23(28)22-16(18)8-9-26-22/h4-12,26H,3,13H2,1-2H3. The van der Waals surface area contributed by atoms with Crippen molar-refractivity contribution in [1.29, 1.82) is 0 Å². The van der Waals surface area contributed by atoms with Crippen LogP contribution in [0, 0.1) is 11.6 Å². The molecule has 9 heteroatoms. The SMILES string of the molecule is CCS(=O)(=O)Cc1ccc(Oc2ccc(F)cc2F)c(-c2cn(C)c(=O)c3[nH]ccc23)c1. The van der Waals surface area contributed by atoms with Crippen LogP contribution in [0.5, 0.6) is 11.5 Å². The minimum absolute atomic E-state index is 0.0106. The Morgan fingerprint density at radius 1 is 1.03 bits per heavy atom. The first-order chi connectivity index (χ1) is 15.2. The van der Waals surface area contributed by atoms with Gasteiger partial charge in [0, 0.05) is 47.8 Å². The molecule has 0 spiro atoms. The van der Waals surface area contributed by atoms with Gasteiger partial charge in [-0.15, -0.1) is 0 Å². The molecule has 0 atom stereocenters. The molecule has 4 rings (SSSR count). The van der Waals surface area contributed by atoms with Crippen molar-refractivity contribution in [2.75, 3.05) is 5.75 Å². The fraction of sp³-hybridized carbons (Fsp3) is 0.174. The average Bonchev–Trinajstić information content (AvgIpc) is 3.24. The molecule has 0 saturated heterocycles. The summed E-state index contributed by atoms with van der Waals surface area (Å²) in [6.07, 6.45) is 3.24. The quantitative estimate of drug-likeness (QED) is 0.460. The summed E-state index contributed by atoms with van der Waals surface area (Å²) in [5, 5.41) is 0.605. The molecule has 166 valence electrons. The molecule has 0 radical (unpaired) electrons. The third-order valence-electron chi connectivity index (χ3n) is 5.17. The van der Waals surface area contributed by atoms with Crippen molar-refractivity contribution in [3.05, 3.63) is 82.4 Å². The van der Waals surface area contributed by atoms with E-state index in [2.05, 4.69) is 4.98 Å². The number of nitrogens with one attached hydrogen (secondary N) is 1. The molecular weight excluding hydrogens is 438 g/mol. The number of pyridine rings is 1. The third-order valence-corrected chi connectivity index (χ3v) is 6.82. The summed E-state index contributed by atoms with van der Waals surface area (Å²) in [5.41, 5.74) is 1.72. The number of sulfone groups is 1. The van der Waals surface area contributed by atoms with Gasteiger partial charge in [0.25, 0.3) is 5.56 Å². The normalized spacial score (nSPS) is 11.8. The number of aromatic amines is 1. The van der Waals surface area contributed by atoms with E-state index in [1.54, 1.807) is 50.6 Å². The van der Waals surface area contributed by atoms with Crippen LogP contribution in [0.25, 0.3) is 22.0 Å². The lowest BCUT2D eigenvalue weighted by Gasteiger charge is -2.15. The molecule has 2 heterocycles. The maximum Gasteiger partial charge on any atom is 0.274 e. The van der Waals surface area contributed by atoms with Gasteiger partial charge >= 0.3 is 0 Å². The molecule has 0 amide bonds. The van der Waals surface area contributed by atoms with E-state index in [0.717, 1.165) is 6.07 Å². The van der Waals surface area contributed by atoms with Crippen LogP contribution in [0.2, 0.25) is 0 Å². The zero-order valence-corrected chi connectivity index (χ0v) is 18.2. The van der Waals surface area contributed by atoms with Crippen molar-refractivity contribution in [1.82, 2.24) is 9.55 Å². The Labute approximate surface area is 183 Å². The molecule has 0 bridgehead atoms. The van der Waals surface area contributed by atoms with Gasteiger partial charge in [-0.25, -0.2) is 17.2 Å². The molecular formula is C23H20F2N2O4S. The van der Waals surface area contributed by atoms with E-state index in [9.17, 15) is 22.0 Å². The minimum Gasteiger partial charge on any atom is -0.454 e. The summed E-state index contributed by atoms with van der Waals surface area (Å²) in [4.78, 5) is 15.4. The minimum atomic E-state index is -3.31. The Bertz CT molecular complexity index is 1490. The zero-order chi connectivity index (χ0) is 23.0. The molecule has 1 N–H and O–H groups in total. The van der Waals surface area contributed by atoms with E-state index < -0.39 is 21.5 Å². The highest BCUT2D eigenvalue weighted by atomic mass is 32.2. The first-order valence-corrected chi connectivity index (χ1v) is 11.6. The molecule has 2 aromatic heterocycles. The van der Waals surface area contributed by atoms with E-state index in [1.807, 2.05) is 0 Å². The van der Waals surface area contributed by atoms with E-state index in [0.29, 0.717) is 33.7 Å². The smallest absolute Gasteiger partial charge is 0.274 e. The van der Waals surface area contributed by atoms with Crippen molar-refractivity contribution in [3.63, 3.8) is 0 Å². The Morgan fingerprint density at radius 3 is 2.50 bits per heavy atom. The molecule has 0 unspecified atom stereocenters. The first kappa shape index (κ1) is 21.8. The van der Waals surface area contributed by atoms with Crippen LogP contribution in [-0.4, -0.2) is 23.7 Å². The number of hydrogen-bond donors (Lipinski definition) is 1. The van der Waals surface area contributed by atoms with Crippen LogP contribution in [0.4, 0.5) is 8.78 Å². The molecule has 0 fully saturated rings. The zero-order valence-electron chi connectivity index (χ0n) is 17.4. The van der Waals surface area contributed by atoms with E-state index in [4.69, 9.17) is 4.74 Å². The molecule has 0 saturated carbocycles. The van der Waals surface area contributed by atoms with Crippen LogP contribution in [-0.2, 0) is 22.6 Å². The van der Waals surface area contributed by atoms with Crippen LogP contribution >= 0.6 is 0 Å². The number of aryl methyl sites for hydroxylation is 1. The van der Waals surface area contributed by atoms with Gasteiger partial charge in [0.05, 0.1) is 5.75 Å². The third kappa shape index (κ3) is 4.16. The van der Waals surface area contributed by atoms with E-state index in [-0.39, 0.29) is 28.6 Å². The van der Waals surface area contributed by atoms with Gasteiger partial charge in [0.1, 0.15) is 17.1 Å². The second-order valence-electron chi connectivity index (χ2n) is 7.41. The molecule has 32 heavy (non-hydrogen) atoms. The van der Waals surface area contributed by atoms with Gasteiger partial charge in [-0.05, 0) is 35.9 Å². The van der Waals surface area contributed by atoms with Crippen molar-refractivity contribution in [2.45, 2.75) is 12.7 Å². The number of fused-ring (bicyclic) bond motifs is 1. The number of halogens is 2. The van der Waals surface area contributed by atoms with Gasteiger partial charge in [-0.2, -0.15) is 0 Å². The summed E-state index contributed by atoms with van der Waals surface area (Å²) in [5.74, 6) is -1.75. The highest BCUT2D eigenvalue weighted by Crippen LogP contribution is 2.38. The largest absolute Gasteiger partial charge is 0.454 e. The predicted molar refractivity (Wildman–Crippen MR) is 119 cm³/mol. The molecule has 4 aromatic rings. The summed E-state index contributed by atoms with van der Waals surface area (Å²) in [6, 6.07) is 9.48. The lowest BCUT2D eigenvalue weighted by atomic mass is 10.0. The van der Waals surface area contributed by atoms with E-state index >= 15 is 0 Å². The average molecular weight is 458 g/mol. The van der Waals surface area contributed by atoms with Crippen LogP contribution in [0.3, 0.4) is 0 Å². The Morgan fingerprint density at radius 2 is 1.78 bits per heavy atom. The Balaban J connectivity index is 1.93. The second kappa shape index (κ2) is 8.23. The summed E-state index contributed by atoms with van der Waals surface area (Å²) in [7, 11) is -1.71. The van der Waals surface area contributed by atoms with Gasteiger partial charge in [0.2, 0.25) is 0 Å². The molecule has 2 aromatic carbocycles. The van der Waals surface area contributed by atoms with E-state index in [1.165, 1.54) is 10.6 Å². The van der Waals surface area contributed by atoms with Crippen LogP contribution < -0.4 is 10.3 Å². The monoisotopic (exact) mass is 458 g/mol. The highest BCUT2D eigenvalue weighted by molar-refractivity contribution is 7.90. The Kier molecular flexibility index (Phi) is 5.60. The van der Waals surface area contributed by atoms with Crippen molar-refractivity contribution < 1.29 is 21.9 Å². The van der Waals surface area contributed by atoms with Crippen molar-refractivity contribution in [3.8, 4) is 22.6 Å². The highest BCUT2D eigenvalue weighted by Gasteiger charge is 2.18. The molecule has 0 aliphatic heterocycles. The predicted octanol–water partition coefficient (Wildman–Crippen LogP) is 4.54. The lowest BCUT2D eigenvalue weighted by Crippen LogP contribution is -2.16. The first-order valence-electron chi connectivity index (χ1n) is 9.82. The summed E-state index contributed by atoms with van der Waals surface area (Å²) in [6.45, 7) is 1.57. The maximum absolute atomic E-state index is 14.2. The second-order valence-corrected chi connectivity index (χ2v) is 9.76. The molecule has 0 aliphatic carbocycles. The fourth-order valence-electron chi connectivity index (χ4n) is 3.48. The summed E-state index contributed by atoms with van der Waals surface area (Å²) >= 11 is 0. The maximum atomic E-state index is 14.2. The van der Waals surface area contributed by atoms with Crippen molar-refractivity contribution >= 4 is 20.7 Å². The van der Waals surface area contributed by atoms with Gasteiger partial charge in [0.15, 0.2) is 21.4 Å². The Hall–Kier alpha value is -3.46. The molecule has 6 nitrogen and oxygen atoms in total. The number of benzene rings is 2. The van der Waals surface area contributed by atoms with Gasteiger partial charge in [-0.3, -0.25) is 4.79 Å². The summed E-state index contributed by atoms with van der Waals surface area (Å²) < 4.78 is 59.1. The molecule has 0 aliphatic rings. The lowest BCUT2D eigenvalue weighted by molar-refractivity contribution is 0.439. The number of nitrogens with zero attached hydrogens (tertiary/aromatic N) is 1. The number of ether oxygens (including phenoxy) is 1. The topological polar surface area (TPSA) is 81.2 Å². The number of H-pyrrole nitrogens is 1. The number of rotatable bonds is 6. The van der Waals surface area contributed by atoms with Gasteiger partial charge < -0.3 is 14.3 Å². The van der Waals surface area contributed by atoms with Gasteiger partial charge in [-0.1, -0.05) is 13.0 Å². The van der Waals surface area contributed by atoms with Crippen LogP contribution in [0.1, 0.15) is 12.5 Å². The van der Waals surface area contributed by atoms with Crippen molar-refractivity contribution in [2.24, 2.45) is 7.05 Å². The number of hydrogen-bond acceptors (Lipinski definition) is 4. The fourth-order valence-corrected chi connectivity index (χ4v) is 4.37.